The van der Waals surface area contributed by atoms with Crippen molar-refractivity contribution in [3.63, 3.8) is 0 Å². The second-order valence-electron chi connectivity index (χ2n) is 9.22. The average molecular weight is 278 g/mol. The summed E-state index contributed by atoms with van der Waals surface area (Å²) < 4.78 is 5.81. The van der Waals surface area contributed by atoms with Gasteiger partial charge in [0.05, 0.1) is 12.1 Å². The van der Waals surface area contributed by atoms with Gasteiger partial charge < -0.3 is 4.42 Å². The van der Waals surface area contributed by atoms with Crippen molar-refractivity contribution in [1.82, 2.24) is 9.88 Å². The molecule has 2 rings (SSSR count). The maximum atomic E-state index is 5.81. The summed E-state index contributed by atoms with van der Waals surface area (Å²) in [5.74, 6) is 1.06. The number of fused-ring (bicyclic) bond motifs is 1. The highest BCUT2D eigenvalue weighted by Crippen LogP contribution is 2.57. The van der Waals surface area contributed by atoms with Crippen LogP contribution in [0.15, 0.2) is 10.8 Å². The van der Waals surface area contributed by atoms with Gasteiger partial charge in [-0.15, -0.1) is 0 Å². The summed E-state index contributed by atoms with van der Waals surface area (Å²) >= 11 is 0. The fraction of sp³-hybridized carbons (Fsp3) is 0.824. The molecule has 2 atom stereocenters. The first-order valence-corrected chi connectivity index (χ1v) is 7.57. The minimum atomic E-state index is 0.0686. The van der Waals surface area contributed by atoms with Gasteiger partial charge in [0.2, 0.25) is 0 Å². The van der Waals surface area contributed by atoms with Crippen LogP contribution in [0.4, 0.5) is 0 Å². The number of hydrogen-bond donors (Lipinski definition) is 0. The molecule has 0 N–H and O–H groups in total. The van der Waals surface area contributed by atoms with E-state index in [1.165, 1.54) is 0 Å². The van der Waals surface area contributed by atoms with Gasteiger partial charge in [0.1, 0.15) is 11.5 Å². The van der Waals surface area contributed by atoms with Gasteiger partial charge in [0.25, 0.3) is 0 Å². The average Bonchev–Trinajstić information content (AvgIpc) is 2.67. The molecule has 1 aliphatic heterocycles. The minimum absolute atomic E-state index is 0.0686. The van der Waals surface area contributed by atoms with Crippen molar-refractivity contribution in [3.8, 4) is 0 Å². The van der Waals surface area contributed by atoms with Crippen LogP contribution in [0.1, 0.15) is 85.9 Å². The van der Waals surface area contributed by atoms with Crippen LogP contribution < -0.4 is 0 Å². The first kappa shape index (κ1) is 15.6. The summed E-state index contributed by atoms with van der Waals surface area (Å²) in [6.45, 7) is 20.6. The third kappa shape index (κ3) is 2.41. The van der Waals surface area contributed by atoms with Crippen LogP contribution in [-0.2, 0) is 0 Å². The normalized spacial score (nSPS) is 25.1. The third-order valence-electron chi connectivity index (χ3n) is 4.10. The smallest absolute Gasteiger partial charge is 0.181 e. The van der Waals surface area contributed by atoms with Crippen molar-refractivity contribution < 1.29 is 4.42 Å². The topological polar surface area (TPSA) is 29.3 Å². The Balaban J connectivity index is 2.64. The van der Waals surface area contributed by atoms with Gasteiger partial charge in [0.15, 0.2) is 6.39 Å². The maximum absolute atomic E-state index is 5.81. The van der Waals surface area contributed by atoms with E-state index in [0.717, 1.165) is 11.5 Å². The van der Waals surface area contributed by atoms with E-state index in [2.05, 4.69) is 72.2 Å². The van der Waals surface area contributed by atoms with Crippen LogP contribution in [-0.4, -0.2) is 15.4 Å². The molecule has 1 aliphatic rings. The van der Waals surface area contributed by atoms with Crippen LogP contribution in [0.25, 0.3) is 0 Å². The van der Waals surface area contributed by atoms with Gasteiger partial charge >= 0.3 is 0 Å². The number of oxazole rings is 1. The molecule has 0 saturated heterocycles. The van der Waals surface area contributed by atoms with E-state index < -0.39 is 0 Å². The lowest BCUT2D eigenvalue weighted by Gasteiger charge is -2.48. The fourth-order valence-electron chi connectivity index (χ4n) is 3.49. The van der Waals surface area contributed by atoms with Crippen molar-refractivity contribution in [2.75, 3.05) is 0 Å². The molecular formula is C17H30N2O. The first-order chi connectivity index (χ1) is 8.85. The Bertz CT molecular complexity index is 446. The lowest BCUT2D eigenvalue weighted by Crippen LogP contribution is -2.49. The van der Waals surface area contributed by atoms with E-state index in [1.807, 2.05) is 0 Å². The van der Waals surface area contributed by atoms with Crippen LogP contribution in [0.2, 0.25) is 0 Å². The second kappa shape index (κ2) is 4.33. The molecule has 0 bridgehead atoms. The van der Waals surface area contributed by atoms with E-state index in [-0.39, 0.29) is 22.4 Å². The van der Waals surface area contributed by atoms with E-state index >= 15 is 0 Å². The molecule has 3 heteroatoms. The molecule has 0 spiro atoms. The first-order valence-electron chi connectivity index (χ1n) is 7.57. The van der Waals surface area contributed by atoms with Gasteiger partial charge in [-0.2, -0.15) is 0 Å². The molecule has 0 amide bonds. The Morgan fingerprint density at radius 3 is 1.80 bits per heavy atom. The SMILES string of the molecule is CC(C)(C)C1c2ncoc2C(C(C)(C)C)N1C(C)(C)C. The third-order valence-corrected chi connectivity index (χ3v) is 4.10. The van der Waals surface area contributed by atoms with Gasteiger partial charge in [-0.3, -0.25) is 4.90 Å². The molecule has 0 radical (unpaired) electrons. The highest BCUT2D eigenvalue weighted by atomic mass is 16.3. The van der Waals surface area contributed by atoms with E-state index in [4.69, 9.17) is 4.42 Å². The standard InChI is InChI=1S/C17H30N2O/c1-15(2,3)13-11-12(20-10-18-11)14(16(4,5)6)19(13)17(7,8)9/h10,13-14H,1-9H3. The van der Waals surface area contributed by atoms with E-state index in [0.29, 0.717) is 6.04 Å². The summed E-state index contributed by atoms with van der Waals surface area (Å²) in [6.07, 6.45) is 1.61. The predicted molar refractivity (Wildman–Crippen MR) is 82.5 cm³/mol. The van der Waals surface area contributed by atoms with Crippen LogP contribution in [0.5, 0.6) is 0 Å². The second-order valence-corrected chi connectivity index (χ2v) is 9.22. The van der Waals surface area contributed by atoms with Crippen molar-refractivity contribution in [1.29, 1.82) is 0 Å². The summed E-state index contributed by atoms with van der Waals surface area (Å²) in [6, 6.07) is 0.560. The molecule has 0 aliphatic carbocycles. The quantitative estimate of drug-likeness (QED) is 0.671. The summed E-state index contributed by atoms with van der Waals surface area (Å²) in [4.78, 5) is 7.17. The molecule has 0 saturated carbocycles. The summed E-state index contributed by atoms with van der Waals surface area (Å²) in [5, 5.41) is 0. The van der Waals surface area contributed by atoms with Crippen molar-refractivity contribution in [2.45, 2.75) is 79.9 Å². The highest BCUT2D eigenvalue weighted by Gasteiger charge is 2.54. The van der Waals surface area contributed by atoms with E-state index in [9.17, 15) is 0 Å². The number of hydrogen-bond acceptors (Lipinski definition) is 3. The zero-order valence-electron chi connectivity index (χ0n) is 14.5. The zero-order chi connectivity index (χ0) is 15.5. The maximum Gasteiger partial charge on any atom is 0.181 e. The molecule has 114 valence electrons. The number of aromatic nitrogens is 1. The van der Waals surface area contributed by atoms with E-state index in [1.54, 1.807) is 6.39 Å². The summed E-state index contributed by atoms with van der Waals surface area (Å²) in [7, 11) is 0. The predicted octanol–water partition coefficient (Wildman–Crippen LogP) is 4.96. The van der Waals surface area contributed by atoms with Gasteiger partial charge in [-0.05, 0) is 31.6 Å². The number of rotatable bonds is 0. The Kier molecular flexibility index (Phi) is 3.37. The molecule has 2 heterocycles. The molecular weight excluding hydrogens is 248 g/mol. The molecule has 0 fully saturated rings. The Labute approximate surface area is 123 Å². The molecule has 3 nitrogen and oxygen atoms in total. The van der Waals surface area contributed by atoms with Crippen molar-refractivity contribution in [2.24, 2.45) is 10.8 Å². The highest BCUT2D eigenvalue weighted by molar-refractivity contribution is 5.28. The van der Waals surface area contributed by atoms with Crippen molar-refractivity contribution in [3.05, 3.63) is 17.8 Å². The molecule has 1 aromatic rings. The van der Waals surface area contributed by atoms with Gasteiger partial charge in [-0.25, -0.2) is 4.98 Å². The molecule has 0 aromatic carbocycles. The molecule has 1 aromatic heterocycles. The fourth-order valence-corrected chi connectivity index (χ4v) is 3.49. The lowest BCUT2D eigenvalue weighted by atomic mass is 9.81. The minimum Gasteiger partial charge on any atom is -0.446 e. The Morgan fingerprint density at radius 2 is 1.40 bits per heavy atom. The molecule has 20 heavy (non-hydrogen) atoms. The molecule has 2 unspecified atom stereocenters. The van der Waals surface area contributed by atoms with Crippen LogP contribution in [0, 0.1) is 10.8 Å². The van der Waals surface area contributed by atoms with Crippen molar-refractivity contribution >= 4 is 0 Å². The number of nitrogens with zero attached hydrogens (tertiary/aromatic N) is 2. The summed E-state index contributed by atoms with van der Waals surface area (Å²) in [5.41, 5.74) is 1.44. The Morgan fingerprint density at radius 1 is 0.900 bits per heavy atom. The zero-order valence-corrected chi connectivity index (χ0v) is 14.5. The van der Waals surface area contributed by atoms with Gasteiger partial charge in [0, 0.05) is 5.54 Å². The largest absolute Gasteiger partial charge is 0.446 e. The lowest BCUT2D eigenvalue weighted by molar-refractivity contribution is -0.0431. The Hall–Kier alpha value is -0.830. The van der Waals surface area contributed by atoms with Crippen LogP contribution >= 0.6 is 0 Å². The van der Waals surface area contributed by atoms with Gasteiger partial charge in [-0.1, -0.05) is 41.5 Å². The van der Waals surface area contributed by atoms with Crippen LogP contribution in [0.3, 0.4) is 0 Å². The monoisotopic (exact) mass is 278 g/mol.